The van der Waals surface area contributed by atoms with E-state index >= 15 is 0 Å². The van der Waals surface area contributed by atoms with Crippen molar-refractivity contribution >= 4 is 5.91 Å². The topological polar surface area (TPSA) is 70.6 Å². The van der Waals surface area contributed by atoms with E-state index in [2.05, 4.69) is 10.6 Å². The van der Waals surface area contributed by atoms with E-state index in [0.717, 1.165) is 19.4 Å². The monoisotopic (exact) mass is 296 g/mol. The Labute approximate surface area is 123 Å². The number of benzene rings is 1. The van der Waals surface area contributed by atoms with Crippen molar-refractivity contribution in [1.29, 1.82) is 0 Å². The number of ether oxygens (including phenoxy) is 1. The van der Waals surface area contributed by atoms with Gasteiger partial charge in [-0.05, 0) is 43.7 Å². The first-order chi connectivity index (χ1) is 10.1. The summed E-state index contributed by atoms with van der Waals surface area (Å²) in [6.45, 7) is 1.84. The maximum Gasteiger partial charge on any atom is 0.224 e. The van der Waals surface area contributed by atoms with Gasteiger partial charge in [-0.1, -0.05) is 0 Å². The summed E-state index contributed by atoms with van der Waals surface area (Å²) in [5.41, 5.74) is 0. The van der Waals surface area contributed by atoms with Crippen LogP contribution in [-0.4, -0.2) is 43.4 Å². The molecule has 3 N–H and O–H groups in total. The molecule has 0 radical (unpaired) electrons. The number of piperidine rings is 1. The van der Waals surface area contributed by atoms with E-state index in [1.807, 2.05) is 0 Å². The average Bonchev–Trinajstić information content (AvgIpc) is 2.53. The molecule has 0 spiro atoms. The van der Waals surface area contributed by atoms with E-state index in [1.165, 1.54) is 24.3 Å². The standard InChI is InChI=1S/C15H21FN2O3/c16-12-3-5-14(6-4-12)21-10-13(19)9-18-15(20)11-2-1-7-17-8-11/h3-6,11,13,17,19H,1-2,7-10H2,(H,18,20). The lowest BCUT2D eigenvalue weighted by Gasteiger charge is -2.22. The highest BCUT2D eigenvalue weighted by Crippen LogP contribution is 2.11. The highest BCUT2D eigenvalue weighted by atomic mass is 19.1. The van der Waals surface area contributed by atoms with E-state index < -0.39 is 6.10 Å². The van der Waals surface area contributed by atoms with Gasteiger partial charge in [-0.15, -0.1) is 0 Å². The third-order valence-electron chi connectivity index (χ3n) is 3.44. The highest BCUT2D eigenvalue weighted by Gasteiger charge is 2.21. The largest absolute Gasteiger partial charge is 0.491 e. The minimum absolute atomic E-state index is 0.0241. The van der Waals surface area contributed by atoms with Gasteiger partial charge in [0.15, 0.2) is 0 Å². The smallest absolute Gasteiger partial charge is 0.224 e. The van der Waals surface area contributed by atoms with E-state index in [-0.39, 0.29) is 30.8 Å². The summed E-state index contributed by atoms with van der Waals surface area (Å²) >= 11 is 0. The number of nitrogens with one attached hydrogen (secondary N) is 2. The molecule has 1 aromatic rings. The third kappa shape index (κ3) is 5.32. The molecule has 1 aromatic carbocycles. The fourth-order valence-electron chi connectivity index (χ4n) is 2.22. The third-order valence-corrected chi connectivity index (χ3v) is 3.44. The second kappa shape index (κ2) is 7.95. The second-order valence-electron chi connectivity index (χ2n) is 5.21. The van der Waals surface area contributed by atoms with Gasteiger partial charge in [0.2, 0.25) is 5.91 Å². The second-order valence-corrected chi connectivity index (χ2v) is 5.21. The van der Waals surface area contributed by atoms with Crippen LogP contribution in [0.4, 0.5) is 4.39 Å². The molecule has 2 rings (SSSR count). The summed E-state index contributed by atoms with van der Waals surface area (Å²) in [7, 11) is 0. The molecule has 1 heterocycles. The summed E-state index contributed by atoms with van der Waals surface area (Å²) in [6.07, 6.45) is 1.07. The number of amides is 1. The molecular formula is C15H21FN2O3. The lowest BCUT2D eigenvalue weighted by atomic mass is 9.99. The van der Waals surface area contributed by atoms with Gasteiger partial charge < -0.3 is 20.5 Å². The molecule has 1 aliphatic rings. The molecule has 1 aliphatic heterocycles. The van der Waals surface area contributed by atoms with E-state index in [4.69, 9.17) is 4.74 Å². The Morgan fingerprint density at radius 1 is 1.48 bits per heavy atom. The Hall–Kier alpha value is -1.66. The van der Waals surface area contributed by atoms with Crippen molar-refractivity contribution in [3.05, 3.63) is 30.1 Å². The average molecular weight is 296 g/mol. The number of hydrogen-bond donors (Lipinski definition) is 3. The molecule has 0 saturated carbocycles. The molecule has 1 amide bonds. The minimum atomic E-state index is -0.796. The molecule has 0 aromatic heterocycles. The number of carbonyl (C=O) groups is 1. The molecular weight excluding hydrogens is 275 g/mol. The van der Waals surface area contributed by atoms with Crippen molar-refractivity contribution in [2.75, 3.05) is 26.2 Å². The zero-order chi connectivity index (χ0) is 15.1. The lowest BCUT2D eigenvalue weighted by molar-refractivity contribution is -0.126. The Kier molecular flexibility index (Phi) is 5.95. The van der Waals surface area contributed by atoms with Crippen molar-refractivity contribution in [3.8, 4) is 5.75 Å². The molecule has 5 nitrogen and oxygen atoms in total. The van der Waals surface area contributed by atoms with Gasteiger partial charge in [-0.3, -0.25) is 4.79 Å². The van der Waals surface area contributed by atoms with Gasteiger partial charge in [0.25, 0.3) is 0 Å². The molecule has 116 valence electrons. The minimum Gasteiger partial charge on any atom is -0.491 e. The molecule has 1 saturated heterocycles. The maximum absolute atomic E-state index is 12.7. The normalized spacial score (nSPS) is 19.8. The van der Waals surface area contributed by atoms with Crippen molar-refractivity contribution in [2.45, 2.75) is 18.9 Å². The van der Waals surface area contributed by atoms with Crippen LogP contribution in [0.1, 0.15) is 12.8 Å². The summed E-state index contributed by atoms with van der Waals surface area (Å²) in [5, 5.41) is 15.7. The zero-order valence-corrected chi connectivity index (χ0v) is 11.8. The van der Waals surface area contributed by atoms with Crippen molar-refractivity contribution in [1.82, 2.24) is 10.6 Å². The van der Waals surface area contributed by atoms with E-state index in [0.29, 0.717) is 12.3 Å². The fraction of sp³-hybridized carbons (Fsp3) is 0.533. The van der Waals surface area contributed by atoms with Gasteiger partial charge in [0.05, 0.1) is 5.92 Å². The van der Waals surface area contributed by atoms with Crippen LogP contribution in [0, 0.1) is 11.7 Å². The van der Waals surface area contributed by atoms with Crippen LogP contribution in [0.25, 0.3) is 0 Å². The number of rotatable bonds is 6. The zero-order valence-electron chi connectivity index (χ0n) is 11.8. The molecule has 2 unspecified atom stereocenters. The number of hydrogen-bond acceptors (Lipinski definition) is 4. The van der Waals surface area contributed by atoms with Gasteiger partial charge in [0.1, 0.15) is 24.3 Å². The predicted octanol–water partition coefficient (Wildman–Crippen LogP) is 0.681. The van der Waals surface area contributed by atoms with Crippen molar-refractivity contribution in [3.63, 3.8) is 0 Å². The van der Waals surface area contributed by atoms with Gasteiger partial charge in [0, 0.05) is 13.1 Å². The Bertz CT molecular complexity index is 447. The molecule has 0 bridgehead atoms. The van der Waals surface area contributed by atoms with Crippen LogP contribution in [0.5, 0.6) is 5.75 Å². The van der Waals surface area contributed by atoms with Crippen LogP contribution in [-0.2, 0) is 4.79 Å². The van der Waals surface area contributed by atoms with Crippen LogP contribution < -0.4 is 15.4 Å². The SMILES string of the molecule is O=C(NCC(O)COc1ccc(F)cc1)C1CCCNC1. The van der Waals surface area contributed by atoms with Crippen LogP contribution in [0.15, 0.2) is 24.3 Å². The number of carbonyl (C=O) groups excluding carboxylic acids is 1. The molecule has 2 atom stereocenters. The van der Waals surface area contributed by atoms with Crippen LogP contribution >= 0.6 is 0 Å². The number of aliphatic hydroxyl groups excluding tert-OH is 1. The fourth-order valence-corrected chi connectivity index (χ4v) is 2.22. The van der Waals surface area contributed by atoms with Crippen LogP contribution in [0.2, 0.25) is 0 Å². The summed E-state index contributed by atoms with van der Waals surface area (Å²) in [6, 6.07) is 5.57. The summed E-state index contributed by atoms with van der Waals surface area (Å²) in [5.74, 6) is 0.0847. The molecule has 21 heavy (non-hydrogen) atoms. The molecule has 6 heteroatoms. The summed E-state index contributed by atoms with van der Waals surface area (Å²) < 4.78 is 18.0. The molecule has 0 aliphatic carbocycles. The van der Waals surface area contributed by atoms with Gasteiger partial charge in [-0.25, -0.2) is 4.39 Å². The first kappa shape index (κ1) is 15.7. The van der Waals surface area contributed by atoms with Gasteiger partial charge in [-0.2, -0.15) is 0 Å². The number of halogens is 1. The first-order valence-corrected chi connectivity index (χ1v) is 7.20. The predicted molar refractivity (Wildman–Crippen MR) is 76.5 cm³/mol. The quantitative estimate of drug-likeness (QED) is 0.722. The highest BCUT2D eigenvalue weighted by molar-refractivity contribution is 5.78. The van der Waals surface area contributed by atoms with Gasteiger partial charge >= 0.3 is 0 Å². The summed E-state index contributed by atoms with van der Waals surface area (Å²) in [4.78, 5) is 11.9. The Morgan fingerprint density at radius 2 is 2.24 bits per heavy atom. The Morgan fingerprint density at radius 3 is 2.90 bits per heavy atom. The lowest BCUT2D eigenvalue weighted by Crippen LogP contribution is -2.43. The molecule has 1 fully saturated rings. The van der Waals surface area contributed by atoms with Crippen molar-refractivity contribution < 1.29 is 19.0 Å². The van der Waals surface area contributed by atoms with Crippen molar-refractivity contribution in [2.24, 2.45) is 5.92 Å². The number of aliphatic hydroxyl groups is 1. The maximum atomic E-state index is 12.7. The first-order valence-electron chi connectivity index (χ1n) is 7.20. The van der Waals surface area contributed by atoms with E-state index in [9.17, 15) is 14.3 Å². The van der Waals surface area contributed by atoms with E-state index in [1.54, 1.807) is 0 Å². The van der Waals surface area contributed by atoms with Crippen LogP contribution in [0.3, 0.4) is 0 Å². The Balaban J connectivity index is 1.65.